The molecule has 1 aromatic carbocycles. The highest BCUT2D eigenvalue weighted by Gasteiger charge is 2.17. The van der Waals surface area contributed by atoms with Crippen LogP contribution in [0.3, 0.4) is 0 Å². The summed E-state index contributed by atoms with van der Waals surface area (Å²) in [4.78, 5) is 11.9. The summed E-state index contributed by atoms with van der Waals surface area (Å²) in [7, 11) is 0. The Morgan fingerprint density at radius 3 is 2.96 bits per heavy atom. The fourth-order valence-corrected chi connectivity index (χ4v) is 3.50. The van der Waals surface area contributed by atoms with Crippen LogP contribution in [0.4, 0.5) is 8.78 Å². The predicted molar refractivity (Wildman–Crippen MR) is 93.6 cm³/mol. The SMILES string of the molecule is Cl.O=C(CC1CSCCN1)NCc1cc(Br)ccc1OC(F)F. The normalized spacial score (nSPS) is 17.5. The number of rotatable bonds is 6. The molecule has 1 fully saturated rings. The second kappa shape index (κ2) is 10.3. The van der Waals surface area contributed by atoms with Gasteiger partial charge >= 0.3 is 6.61 Å². The van der Waals surface area contributed by atoms with E-state index < -0.39 is 6.61 Å². The van der Waals surface area contributed by atoms with Gasteiger partial charge in [-0.1, -0.05) is 15.9 Å². The van der Waals surface area contributed by atoms with Crippen LogP contribution in [0.5, 0.6) is 5.75 Å². The Kier molecular flexibility index (Phi) is 9.19. The highest BCUT2D eigenvalue weighted by molar-refractivity contribution is 9.10. The summed E-state index contributed by atoms with van der Waals surface area (Å²) in [6.07, 6.45) is 0.381. The van der Waals surface area contributed by atoms with Crippen molar-refractivity contribution in [3.05, 3.63) is 28.2 Å². The van der Waals surface area contributed by atoms with Gasteiger partial charge in [0.05, 0.1) is 0 Å². The lowest BCUT2D eigenvalue weighted by Crippen LogP contribution is -2.41. The number of carbonyl (C=O) groups is 1. The monoisotopic (exact) mass is 430 g/mol. The van der Waals surface area contributed by atoms with E-state index >= 15 is 0 Å². The van der Waals surface area contributed by atoms with Gasteiger partial charge in [0.25, 0.3) is 0 Å². The Balaban J connectivity index is 0.00000264. The van der Waals surface area contributed by atoms with E-state index in [0.717, 1.165) is 22.5 Å². The lowest BCUT2D eigenvalue weighted by molar-refractivity contribution is -0.121. The molecular weight excluding hydrogens is 414 g/mol. The van der Waals surface area contributed by atoms with Crippen LogP contribution in [0.1, 0.15) is 12.0 Å². The van der Waals surface area contributed by atoms with Crippen LogP contribution in [0.2, 0.25) is 0 Å². The number of ether oxygens (including phenoxy) is 1. The third kappa shape index (κ3) is 7.24. The minimum Gasteiger partial charge on any atom is -0.434 e. The molecule has 1 aliphatic heterocycles. The van der Waals surface area contributed by atoms with Crippen molar-refractivity contribution in [1.82, 2.24) is 10.6 Å². The number of thioether (sulfide) groups is 1. The Labute approximate surface area is 152 Å². The van der Waals surface area contributed by atoms with Crippen molar-refractivity contribution in [2.45, 2.75) is 25.6 Å². The minimum absolute atomic E-state index is 0. The van der Waals surface area contributed by atoms with Crippen LogP contribution in [0, 0.1) is 0 Å². The average molecular weight is 432 g/mol. The maximum atomic E-state index is 12.4. The van der Waals surface area contributed by atoms with E-state index in [4.69, 9.17) is 0 Å². The Morgan fingerprint density at radius 1 is 1.52 bits per heavy atom. The number of hydrogen-bond donors (Lipinski definition) is 2. The summed E-state index contributed by atoms with van der Waals surface area (Å²) >= 11 is 5.10. The molecule has 1 amide bonds. The molecule has 0 aliphatic carbocycles. The molecule has 9 heteroatoms. The van der Waals surface area contributed by atoms with E-state index in [2.05, 4.69) is 31.3 Å². The zero-order valence-corrected chi connectivity index (χ0v) is 15.4. The lowest BCUT2D eigenvalue weighted by Gasteiger charge is -2.22. The molecule has 0 aromatic heterocycles. The molecule has 0 saturated carbocycles. The van der Waals surface area contributed by atoms with Crippen LogP contribution in [-0.4, -0.2) is 36.6 Å². The summed E-state index contributed by atoms with van der Waals surface area (Å²) < 4.78 is 30.0. The third-order valence-electron chi connectivity index (χ3n) is 3.14. The highest BCUT2D eigenvalue weighted by Crippen LogP contribution is 2.24. The second-order valence-corrected chi connectivity index (χ2v) is 6.90. The van der Waals surface area contributed by atoms with E-state index in [0.29, 0.717) is 12.0 Å². The molecule has 4 nitrogen and oxygen atoms in total. The predicted octanol–water partition coefficient (Wildman–Crippen LogP) is 3.18. The van der Waals surface area contributed by atoms with Crippen molar-refractivity contribution >= 4 is 46.0 Å². The standard InChI is InChI=1S/C14H17BrF2N2O2S.ClH/c15-10-1-2-12(21-14(16)17)9(5-10)7-19-13(20)6-11-8-22-4-3-18-11;/h1-2,5,11,14,18H,3-4,6-8H2,(H,19,20);1H. The molecule has 1 aliphatic rings. The van der Waals surface area contributed by atoms with E-state index in [1.165, 1.54) is 6.07 Å². The zero-order valence-electron chi connectivity index (χ0n) is 12.2. The molecule has 1 saturated heterocycles. The fourth-order valence-electron chi connectivity index (χ4n) is 2.14. The van der Waals surface area contributed by atoms with Gasteiger partial charge < -0.3 is 15.4 Å². The molecule has 1 heterocycles. The molecule has 2 rings (SSSR count). The molecule has 1 atom stereocenters. The van der Waals surface area contributed by atoms with Gasteiger partial charge in [-0.05, 0) is 18.2 Å². The van der Waals surface area contributed by atoms with E-state index in [1.807, 2.05) is 11.8 Å². The minimum atomic E-state index is -2.89. The number of amides is 1. The van der Waals surface area contributed by atoms with Crippen LogP contribution < -0.4 is 15.4 Å². The van der Waals surface area contributed by atoms with Gasteiger partial charge in [-0.3, -0.25) is 4.79 Å². The largest absolute Gasteiger partial charge is 0.434 e. The first-order valence-corrected chi connectivity index (χ1v) is 8.80. The molecule has 0 bridgehead atoms. The third-order valence-corrected chi connectivity index (χ3v) is 4.77. The smallest absolute Gasteiger partial charge is 0.387 e. The summed E-state index contributed by atoms with van der Waals surface area (Å²) in [5.74, 6) is 1.93. The molecule has 1 aromatic rings. The van der Waals surface area contributed by atoms with E-state index in [9.17, 15) is 13.6 Å². The van der Waals surface area contributed by atoms with Gasteiger partial charge in [0.2, 0.25) is 5.91 Å². The molecule has 0 radical (unpaired) electrons. The number of nitrogens with one attached hydrogen (secondary N) is 2. The summed E-state index contributed by atoms with van der Waals surface area (Å²) in [5.41, 5.74) is 0.508. The van der Waals surface area contributed by atoms with Crippen molar-refractivity contribution in [1.29, 1.82) is 0 Å². The molecule has 130 valence electrons. The summed E-state index contributed by atoms with van der Waals surface area (Å²) in [6.45, 7) is -1.83. The first kappa shape index (κ1) is 20.5. The molecular formula is C14H18BrClF2N2O2S. The van der Waals surface area contributed by atoms with Gasteiger partial charge in [0.15, 0.2) is 0 Å². The van der Waals surface area contributed by atoms with Crippen LogP contribution in [0.25, 0.3) is 0 Å². The van der Waals surface area contributed by atoms with Crippen LogP contribution in [0.15, 0.2) is 22.7 Å². The fraction of sp³-hybridized carbons (Fsp3) is 0.500. The van der Waals surface area contributed by atoms with Gasteiger partial charge in [-0.15, -0.1) is 12.4 Å². The highest BCUT2D eigenvalue weighted by atomic mass is 79.9. The van der Waals surface area contributed by atoms with Gasteiger partial charge in [-0.2, -0.15) is 20.5 Å². The topological polar surface area (TPSA) is 50.4 Å². The zero-order chi connectivity index (χ0) is 15.9. The quantitative estimate of drug-likeness (QED) is 0.726. The number of carbonyl (C=O) groups excluding carboxylic acids is 1. The summed E-state index contributed by atoms with van der Waals surface area (Å²) in [5, 5.41) is 6.03. The number of benzene rings is 1. The average Bonchev–Trinajstić information content (AvgIpc) is 2.48. The van der Waals surface area contributed by atoms with Gasteiger partial charge in [-0.25, -0.2) is 0 Å². The maximum absolute atomic E-state index is 12.4. The lowest BCUT2D eigenvalue weighted by atomic mass is 10.2. The maximum Gasteiger partial charge on any atom is 0.387 e. The van der Waals surface area contributed by atoms with Crippen molar-refractivity contribution < 1.29 is 18.3 Å². The first-order chi connectivity index (χ1) is 10.5. The Hall–Kier alpha value is -0.570. The number of hydrogen-bond acceptors (Lipinski definition) is 4. The van der Waals surface area contributed by atoms with Crippen LogP contribution in [-0.2, 0) is 11.3 Å². The van der Waals surface area contributed by atoms with Crippen molar-refractivity contribution in [3.63, 3.8) is 0 Å². The van der Waals surface area contributed by atoms with E-state index in [1.54, 1.807) is 12.1 Å². The Morgan fingerprint density at radius 2 is 2.30 bits per heavy atom. The summed E-state index contributed by atoms with van der Waals surface area (Å²) in [6, 6.07) is 4.90. The Bertz CT molecular complexity index is 520. The molecule has 1 unspecified atom stereocenters. The number of halogens is 4. The van der Waals surface area contributed by atoms with Gasteiger partial charge in [0, 0.05) is 47.1 Å². The molecule has 2 N–H and O–H groups in total. The van der Waals surface area contributed by atoms with Crippen LogP contribution >= 0.6 is 40.1 Å². The van der Waals surface area contributed by atoms with Gasteiger partial charge in [0.1, 0.15) is 5.75 Å². The van der Waals surface area contributed by atoms with E-state index in [-0.39, 0.29) is 36.7 Å². The number of alkyl halides is 2. The van der Waals surface area contributed by atoms with Crippen molar-refractivity contribution in [2.24, 2.45) is 0 Å². The first-order valence-electron chi connectivity index (χ1n) is 6.85. The molecule has 0 spiro atoms. The van der Waals surface area contributed by atoms with Crippen molar-refractivity contribution in [2.75, 3.05) is 18.1 Å². The molecule has 23 heavy (non-hydrogen) atoms. The van der Waals surface area contributed by atoms with Crippen molar-refractivity contribution in [3.8, 4) is 5.75 Å². The second-order valence-electron chi connectivity index (χ2n) is 4.84.